The van der Waals surface area contributed by atoms with Crippen LogP contribution in [0.3, 0.4) is 0 Å². The number of fused-ring (bicyclic) bond motifs is 1. The van der Waals surface area contributed by atoms with Gasteiger partial charge in [0.2, 0.25) is 0 Å². The Morgan fingerprint density at radius 1 is 1.35 bits per heavy atom. The second-order valence-electron chi connectivity index (χ2n) is 6.97. The van der Waals surface area contributed by atoms with Gasteiger partial charge in [0.1, 0.15) is 5.75 Å². The summed E-state index contributed by atoms with van der Waals surface area (Å²) in [6.45, 7) is 6.68. The van der Waals surface area contributed by atoms with Crippen LogP contribution in [-0.2, 0) is 12.8 Å². The molecule has 110 valence electrons. The van der Waals surface area contributed by atoms with Crippen LogP contribution in [0.15, 0.2) is 16.6 Å². The summed E-state index contributed by atoms with van der Waals surface area (Å²) < 4.78 is 7.01. The summed E-state index contributed by atoms with van der Waals surface area (Å²) in [6, 6.07) is 5.23. The van der Waals surface area contributed by atoms with Gasteiger partial charge in [-0.2, -0.15) is 0 Å². The maximum absolute atomic E-state index is 5.82. The first-order valence-electron chi connectivity index (χ1n) is 7.71. The van der Waals surface area contributed by atoms with E-state index in [1.54, 1.807) is 0 Å². The van der Waals surface area contributed by atoms with Crippen LogP contribution in [0.5, 0.6) is 5.75 Å². The molecule has 1 heterocycles. The van der Waals surface area contributed by atoms with Gasteiger partial charge in [-0.15, -0.1) is 0 Å². The minimum Gasteiger partial charge on any atom is -0.493 e. The Morgan fingerprint density at radius 2 is 2.15 bits per heavy atom. The molecule has 0 amide bonds. The Hall–Kier alpha value is -0.540. The van der Waals surface area contributed by atoms with Crippen molar-refractivity contribution < 1.29 is 4.74 Å². The van der Waals surface area contributed by atoms with Gasteiger partial charge in [0.25, 0.3) is 0 Å². The van der Waals surface area contributed by atoms with Gasteiger partial charge in [-0.1, -0.05) is 29.8 Å². The van der Waals surface area contributed by atoms with Gasteiger partial charge < -0.3 is 10.1 Å². The molecule has 1 fully saturated rings. The average molecular weight is 338 g/mol. The molecule has 0 unspecified atom stereocenters. The highest BCUT2D eigenvalue weighted by Gasteiger charge is 2.26. The number of benzene rings is 1. The fourth-order valence-corrected chi connectivity index (χ4v) is 3.35. The molecule has 1 aliphatic heterocycles. The Bertz CT molecular complexity index is 494. The third kappa shape index (κ3) is 3.56. The van der Waals surface area contributed by atoms with E-state index in [1.165, 1.54) is 34.9 Å². The minimum absolute atomic E-state index is 0.344. The van der Waals surface area contributed by atoms with Crippen molar-refractivity contribution in [2.24, 2.45) is 5.41 Å². The summed E-state index contributed by atoms with van der Waals surface area (Å²) in [5.41, 5.74) is 3.07. The highest BCUT2D eigenvalue weighted by atomic mass is 79.9. The lowest BCUT2D eigenvalue weighted by molar-refractivity contribution is 0.309. The van der Waals surface area contributed by atoms with Gasteiger partial charge in [0.15, 0.2) is 0 Å². The number of ether oxygens (including phenoxy) is 1. The first kappa shape index (κ1) is 14.4. The van der Waals surface area contributed by atoms with Crippen LogP contribution in [0, 0.1) is 5.41 Å². The maximum atomic E-state index is 5.82. The first-order valence-corrected chi connectivity index (χ1v) is 8.50. The normalized spacial score (nSPS) is 17.9. The summed E-state index contributed by atoms with van der Waals surface area (Å²) in [5.74, 6) is 1.15. The van der Waals surface area contributed by atoms with Crippen LogP contribution in [-0.4, -0.2) is 19.2 Å². The van der Waals surface area contributed by atoms with E-state index in [1.807, 2.05) is 0 Å². The van der Waals surface area contributed by atoms with E-state index in [4.69, 9.17) is 4.74 Å². The Kier molecular flexibility index (Phi) is 4.09. The molecule has 0 spiro atoms. The minimum atomic E-state index is 0.344. The molecule has 2 nitrogen and oxygen atoms in total. The summed E-state index contributed by atoms with van der Waals surface area (Å²) >= 11 is 3.63. The van der Waals surface area contributed by atoms with Crippen LogP contribution in [0.1, 0.15) is 44.2 Å². The number of aryl methyl sites for hydroxylation is 1. The van der Waals surface area contributed by atoms with E-state index in [-0.39, 0.29) is 0 Å². The van der Waals surface area contributed by atoms with Crippen molar-refractivity contribution in [2.75, 3.05) is 13.2 Å². The molecule has 0 aromatic heterocycles. The van der Waals surface area contributed by atoms with Crippen LogP contribution >= 0.6 is 15.9 Å². The topological polar surface area (TPSA) is 21.3 Å². The lowest BCUT2D eigenvalue weighted by atomic mass is 9.85. The lowest BCUT2D eigenvalue weighted by Gasteiger charge is -2.25. The SMILES string of the molecule is CC(C)(CCc1cc(Br)cc2c1OCC2)CNC1CC1. The molecule has 1 aromatic rings. The van der Waals surface area contributed by atoms with Crippen LogP contribution in [0.2, 0.25) is 0 Å². The average Bonchev–Trinajstić information content (AvgIpc) is 3.11. The van der Waals surface area contributed by atoms with Gasteiger partial charge in [0.05, 0.1) is 6.61 Å². The molecule has 0 radical (unpaired) electrons. The van der Waals surface area contributed by atoms with Crippen molar-refractivity contribution in [2.45, 2.75) is 52.0 Å². The fraction of sp³-hybridized carbons (Fsp3) is 0.647. The highest BCUT2D eigenvalue weighted by Crippen LogP contribution is 2.35. The third-order valence-electron chi connectivity index (χ3n) is 4.34. The zero-order valence-corrected chi connectivity index (χ0v) is 14.1. The Labute approximate surface area is 130 Å². The zero-order valence-electron chi connectivity index (χ0n) is 12.5. The molecule has 1 aromatic carbocycles. The summed E-state index contributed by atoms with van der Waals surface area (Å²) in [5, 5.41) is 3.66. The quantitative estimate of drug-likeness (QED) is 0.843. The largest absolute Gasteiger partial charge is 0.493 e. The van der Waals surface area contributed by atoms with Gasteiger partial charge in [0, 0.05) is 23.5 Å². The predicted octanol–water partition coefficient (Wildman–Crippen LogP) is 4.09. The molecule has 0 saturated heterocycles. The molecule has 0 atom stereocenters. The molecule has 3 rings (SSSR count). The fourth-order valence-electron chi connectivity index (χ4n) is 2.80. The van der Waals surface area contributed by atoms with E-state index in [9.17, 15) is 0 Å². The summed E-state index contributed by atoms with van der Waals surface area (Å²) in [4.78, 5) is 0. The monoisotopic (exact) mass is 337 g/mol. The number of rotatable bonds is 6. The van der Waals surface area contributed by atoms with Gasteiger partial charge in [-0.3, -0.25) is 0 Å². The first-order chi connectivity index (χ1) is 9.53. The Balaban J connectivity index is 1.62. The van der Waals surface area contributed by atoms with Crippen molar-refractivity contribution in [3.63, 3.8) is 0 Å². The van der Waals surface area contributed by atoms with Crippen LogP contribution < -0.4 is 10.1 Å². The molecule has 1 N–H and O–H groups in total. The Morgan fingerprint density at radius 3 is 2.90 bits per heavy atom. The molecule has 2 aliphatic rings. The van der Waals surface area contributed by atoms with Gasteiger partial charge in [-0.25, -0.2) is 0 Å². The van der Waals surface area contributed by atoms with Gasteiger partial charge >= 0.3 is 0 Å². The van der Waals surface area contributed by atoms with E-state index in [2.05, 4.69) is 47.2 Å². The smallest absolute Gasteiger partial charge is 0.125 e. The lowest BCUT2D eigenvalue weighted by Crippen LogP contribution is -2.31. The number of hydrogen-bond acceptors (Lipinski definition) is 2. The number of hydrogen-bond donors (Lipinski definition) is 1. The van der Waals surface area contributed by atoms with E-state index in [0.717, 1.165) is 37.8 Å². The molecule has 0 bridgehead atoms. The number of halogens is 1. The standard InChI is InChI=1S/C17H24BrNO/c1-17(2,11-19-15-3-4-15)7-5-12-9-14(18)10-13-6-8-20-16(12)13/h9-10,15,19H,3-8,11H2,1-2H3. The van der Waals surface area contributed by atoms with Gasteiger partial charge in [-0.05, 0) is 54.4 Å². The third-order valence-corrected chi connectivity index (χ3v) is 4.80. The molecule has 1 aliphatic carbocycles. The second kappa shape index (κ2) is 5.69. The molecular weight excluding hydrogens is 314 g/mol. The van der Waals surface area contributed by atoms with E-state index >= 15 is 0 Å². The molecule has 20 heavy (non-hydrogen) atoms. The highest BCUT2D eigenvalue weighted by molar-refractivity contribution is 9.10. The zero-order chi connectivity index (χ0) is 14.2. The van der Waals surface area contributed by atoms with Crippen molar-refractivity contribution >= 4 is 15.9 Å². The van der Waals surface area contributed by atoms with Crippen molar-refractivity contribution in [1.82, 2.24) is 5.32 Å². The molecular formula is C17H24BrNO. The van der Waals surface area contributed by atoms with Crippen molar-refractivity contribution in [1.29, 1.82) is 0 Å². The van der Waals surface area contributed by atoms with Crippen LogP contribution in [0.25, 0.3) is 0 Å². The van der Waals surface area contributed by atoms with E-state index in [0.29, 0.717) is 5.41 Å². The van der Waals surface area contributed by atoms with Crippen molar-refractivity contribution in [3.05, 3.63) is 27.7 Å². The number of nitrogens with one attached hydrogen (secondary N) is 1. The van der Waals surface area contributed by atoms with E-state index < -0.39 is 0 Å². The predicted molar refractivity (Wildman–Crippen MR) is 86.5 cm³/mol. The van der Waals surface area contributed by atoms with Crippen molar-refractivity contribution in [3.8, 4) is 5.75 Å². The summed E-state index contributed by atoms with van der Waals surface area (Å²) in [6.07, 6.45) is 6.07. The maximum Gasteiger partial charge on any atom is 0.125 e. The molecule has 3 heteroatoms. The van der Waals surface area contributed by atoms with Crippen LogP contribution in [0.4, 0.5) is 0 Å². The summed E-state index contributed by atoms with van der Waals surface area (Å²) in [7, 11) is 0. The second-order valence-corrected chi connectivity index (χ2v) is 7.89. The molecule has 1 saturated carbocycles.